The molecule has 14 heavy (non-hydrogen) atoms. The molecule has 0 amide bonds. The van der Waals surface area contributed by atoms with E-state index in [2.05, 4.69) is 0 Å². The maximum atomic E-state index is 11.5. The lowest BCUT2D eigenvalue weighted by atomic mass is 10.1. The van der Waals surface area contributed by atoms with Gasteiger partial charge in [-0.2, -0.15) is 0 Å². The summed E-state index contributed by atoms with van der Waals surface area (Å²) in [5, 5.41) is 0. The van der Waals surface area contributed by atoms with Crippen molar-refractivity contribution in [3.63, 3.8) is 0 Å². The zero-order chi connectivity index (χ0) is 10.6. The lowest BCUT2D eigenvalue weighted by Crippen LogP contribution is -2.29. The molecule has 0 unspecified atom stereocenters. The van der Waals surface area contributed by atoms with Gasteiger partial charge in [0.15, 0.2) is 5.41 Å². The van der Waals surface area contributed by atoms with Crippen LogP contribution in [0.5, 0.6) is 0 Å². The maximum Gasteiger partial charge on any atom is 0.324 e. The Hall–Kier alpha value is -0.710. The molecule has 0 radical (unpaired) electrons. The number of carbonyl (C=O) groups excluding carboxylic acids is 2. The summed E-state index contributed by atoms with van der Waals surface area (Å²) in [6.07, 6.45) is 2.94. The fourth-order valence-electron chi connectivity index (χ4n) is 1.14. The van der Waals surface area contributed by atoms with Crippen molar-refractivity contribution in [1.82, 2.24) is 0 Å². The molecule has 0 heterocycles. The Balaban J connectivity index is 2.48. The van der Waals surface area contributed by atoms with E-state index in [1.807, 2.05) is 6.26 Å². The molecule has 1 rings (SSSR count). The molecule has 0 N–H and O–H groups in total. The maximum absolute atomic E-state index is 11.5. The molecule has 0 aromatic carbocycles. The molecule has 0 aromatic rings. The van der Waals surface area contributed by atoms with Crippen LogP contribution in [0.2, 0.25) is 0 Å². The predicted octanol–water partition coefficient (Wildman–Crippen LogP) is 1.19. The second-order valence-electron chi connectivity index (χ2n) is 3.14. The van der Waals surface area contributed by atoms with Crippen LogP contribution in [-0.4, -0.2) is 30.7 Å². The van der Waals surface area contributed by atoms with Crippen LogP contribution >= 0.6 is 11.8 Å². The van der Waals surface area contributed by atoms with Crippen LogP contribution in [0, 0.1) is 5.41 Å². The second-order valence-corrected chi connectivity index (χ2v) is 3.95. The van der Waals surface area contributed by atoms with Crippen molar-refractivity contribution in [1.29, 1.82) is 0 Å². The summed E-state index contributed by atoms with van der Waals surface area (Å²) in [6.45, 7) is 2.03. The predicted molar refractivity (Wildman–Crippen MR) is 52.8 cm³/mol. The first-order valence-electron chi connectivity index (χ1n) is 4.50. The van der Waals surface area contributed by atoms with Crippen LogP contribution < -0.4 is 0 Å². The van der Waals surface area contributed by atoms with Crippen molar-refractivity contribution < 1.29 is 19.1 Å². The number of thioether (sulfide) groups is 1. The highest BCUT2D eigenvalue weighted by Gasteiger charge is 2.59. The third kappa shape index (κ3) is 2.20. The van der Waals surface area contributed by atoms with E-state index in [0.717, 1.165) is 0 Å². The summed E-state index contributed by atoms with van der Waals surface area (Å²) < 4.78 is 9.73. The first-order chi connectivity index (χ1) is 6.67. The van der Waals surface area contributed by atoms with Gasteiger partial charge >= 0.3 is 11.9 Å². The summed E-state index contributed by atoms with van der Waals surface area (Å²) in [5.41, 5.74) is -0.967. The van der Waals surface area contributed by atoms with E-state index in [0.29, 0.717) is 25.4 Å². The van der Waals surface area contributed by atoms with Crippen molar-refractivity contribution in [3.8, 4) is 0 Å². The number of hydrogen-bond donors (Lipinski definition) is 0. The van der Waals surface area contributed by atoms with Crippen LogP contribution in [0.3, 0.4) is 0 Å². The zero-order valence-electron chi connectivity index (χ0n) is 8.37. The smallest absolute Gasteiger partial charge is 0.324 e. The van der Waals surface area contributed by atoms with Gasteiger partial charge in [-0.15, -0.1) is 11.8 Å². The highest BCUT2D eigenvalue weighted by atomic mass is 32.2. The molecular weight excluding hydrogens is 204 g/mol. The quantitative estimate of drug-likeness (QED) is 0.394. The van der Waals surface area contributed by atoms with Crippen molar-refractivity contribution >= 4 is 23.7 Å². The lowest BCUT2D eigenvalue weighted by Gasteiger charge is -2.12. The molecule has 1 aliphatic rings. The molecule has 0 spiro atoms. The van der Waals surface area contributed by atoms with Gasteiger partial charge in [0.2, 0.25) is 0 Å². The minimum absolute atomic E-state index is 0.292. The summed E-state index contributed by atoms with van der Waals surface area (Å²) in [7, 11) is 0. The van der Waals surface area contributed by atoms with Crippen molar-refractivity contribution in [2.45, 2.75) is 19.8 Å². The van der Waals surface area contributed by atoms with Gasteiger partial charge in [-0.1, -0.05) is 0 Å². The van der Waals surface area contributed by atoms with Crippen molar-refractivity contribution in [2.24, 2.45) is 5.41 Å². The molecular formula is C9H14O4S. The molecule has 5 heteroatoms. The monoisotopic (exact) mass is 218 g/mol. The second kappa shape index (κ2) is 4.68. The Morgan fingerprint density at radius 1 is 1.29 bits per heavy atom. The number of carbonyl (C=O) groups is 2. The fourth-order valence-corrected chi connectivity index (χ4v) is 1.36. The van der Waals surface area contributed by atoms with E-state index in [-0.39, 0.29) is 0 Å². The average molecular weight is 218 g/mol. The van der Waals surface area contributed by atoms with Crippen LogP contribution in [0.15, 0.2) is 0 Å². The van der Waals surface area contributed by atoms with Crippen LogP contribution in [-0.2, 0) is 19.1 Å². The Bertz CT molecular complexity index is 235. The van der Waals surface area contributed by atoms with E-state index in [1.54, 1.807) is 6.92 Å². The van der Waals surface area contributed by atoms with Gasteiger partial charge in [0.1, 0.15) is 5.94 Å². The third-order valence-electron chi connectivity index (χ3n) is 2.11. The third-order valence-corrected chi connectivity index (χ3v) is 2.47. The van der Waals surface area contributed by atoms with Crippen LogP contribution in [0.25, 0.3) is 0 Å². The van der Waals surface area contributed by atoms with Crippen molar-refractivity contribution in [3.05, 3.63) is 0 Å². The summed E-state index contributed by atoms with van der Waals surface area (Å²) in [4.78, 5) is 22.9. The van der Waals surface area contributed by atoms with E-state index < -0.39 is 17.4 Å². The van der Waals surface area contributed by atoms with E-state index >= 15 is 0 Å². The molecule has 0 atom stereocenters. The number of hydrogen-bond acceptors (Lipinski definition) is 5. The highest BCUT2D eigenvalue weighted by molar-refractivity contribution is 7.98. The molecule has 80 valence electrons. The Morgan fingerprint density at radius 3 is 2.29 bits per heavy atom. The molecule has 1 aliphatic carbocycles. The summed E-state index contributed by atoms with van der Waals surface area (Å²) >= 11 is 1.40. The van der Waals surface area contributed by atoms with E-state index in [4.69, 9.17) is 9.47 Å². The normalized spacial score (nSPS) is 17.3. The van der Waals surface area contributed by atoms with Gasteiger partial charge in [-0.25, -0.2) is 0 Å². The van der Waals surface area contributed by atoms with Gasteiger partial charge in [-0.05, 0) is 26.0 Å². The Labute approximate surface area is 87.3 Å². The topological polar surface area (TPSA) is 52.6 Å². The first-order valence-corrected chi connectivity index (χ1v) is 5.90. The lowest BCUT2D eigenvalue weighted by molar-refractivity contribution is -0.163. The van der Waals surface area contributed by atoms with Crippen molar-refractivity contribution in [2.75, 3.05) is 18.8 Å². The van der Waals surface area contributed by atoms with Gasteiger partial charge in [0.05, 0.1) is 6.61 Å². The zero-order valence-corrected chi connectivity index (χ0v) is 9.19. The van der Waals surface area contributed by atoms with Crippen LogP contribution in [0.4, 0.5) is 0 Å². The summed E-state index contributed by atoms with van der Waals surface area (Å²) in [6, 6.07) is 0. The highest BCUT2D eigenvalue weighted by Crippen LogP contribution is 2.48. The average Bonchev–Trinajstić information content (AvgIpc) is 2.95. The van der Waals surface area contributed by atoms with Crippen LogP contribution in [0.1, 0.15) is 19.8 Å². The van der Waals surface area contributed by atoms with Gasteiger partial charge < -0.3 is 9.47 Å². The molecule has 0 saturated heterocycles. The van der Waals surface area contributed by atoms with Gasteiger partial charge in [0.25, 0.3) is 0 Å². The first kappa shape index (κ1) is 11.4. The minimum atomic E-state index is -0.967. The molecule has 1 fully saturated rings. The minimum Gasteiger partial charge on any atom is -0.465 e. The number of rotatable bonds is 5. The van der Waals surface area contributed by atoms with Gasteiger partial charge in [-0.3, -0.25) is 9.59 Å². The van der Waals surface area contributed by atoms with Gasteiger partial charge in [0, 0.05) is 0 Å². The number of esters is 2. The largest absolute Gasteiger partial charge is 0.465 e. The van der Waals surface area contributed by atoms with E-state index in [1.165, 1.54) is 11.8 Å². The molecule has 4 nitrogen and oxygen atoms in total. The molecule has 0 aromatic heterocycles. The molecule has 0 aliphatic heterocycles. The Kier molecular flexibility index (Phi) is 3.80. The standard InChI is InChI=1S/C9H14O4S/c1-3-12-7(10)9(4-5-9)8(11)13-6-14-2/h3-6H2,1-2H3. The SMILES string of the molecule is CCOC(=O)C1(C(=O)OCSC)CC1. The summed E-state index contributed by atoms with van der Waals surface area (Å²) in [5.74, 6) is -0.587. The molecule has 1 saturated carbocycles. The number of ether oxygens (including phenoxy) is 2. The Morgan fingerprint density at radius 2 is 1.86 bits per heavy atom. The fraction of sp³-hybridized carbons (Fsp3) is 0.778. The van der Waals surface area contributed by atoms with E-state index in [9.17, 15) is 9.59 Å². The molecule has 0 bridgehead atoms.